The van der Waals surface area contributed by atoms with Gasteiger partial charge in [-0.25, -0.2) is 18.3 Å². The second kappa shape index (κ2) is 10.3. The maximum absolute atomic E-state index is 14.7. The summed E-state index contributed by atoms with van der Waals surface area (Å²) in [4.78, 5) is 24.7. The Labute approximate surface area is 223 Å². The van der Waals surface area contributed by atoms with Crippen LogP contribution in [0, 0.1) is 11.6 Å². The molecule has 194 valence electrons. The smallest absolute Gasteiger partial charge is 0.413 e. The lowest BCUT2D eigenvalue weighted by Gasteiger charge is -2.14. The normalized spacial score (nSPS) is 12.0. The fourth-order valence-corrected chi connectivity index (χ4v) is 6.30. The van der Waals surface area contributed by atoms with Crippen LogP contribution in [0.1, 0.15) is 24.2 Å². The van der Waals surface area contributed by atoms with Crippen LogP contribution in [0.4, 0.5) is 19.4 Å². The molecule has 0 aliphatic rings. The monoisotopic (exact) mass is 554 g/mol. The number of aryl methyl sites for hydroxylation is 1. The Balaban J connectivity index is 1.37. The summed E-state index contributed by atoms with van der Waals surface area (Å²) in [6.45, 7) is 1.77. The van der Waals surface area contributed by atoms with E-state index in [-0.39, 0.29) is 11.1 Å². The van der Waals surface area contributed by atoms with Crippen LogP contribution in [0.2, 0.25) is 0 Å². The molecule has 0 aliphatic carbocycles. The second-order valence-electron chi connectivity index (χ2n) is 8.44. The van der Waals surface area contributed by atoms with Crippen molar-refractivity contribution in [3.8, 4) is 21.0 Å². The number of hydrogen-bond acceptors (Lipinski definition) is 7. The minimum Gasteiger partial charge on any atom is -0.481 e. The molecular formula is C26H20F2N4O4S2. The van der Waals surface area contributed by atoms with Gasteiger partial charge in [0, 0.05) is 32.5 Å². The Hall–Kier alpha value is -4.16. The predicted molar refractivity (Wildman–Crippen MR) is 141 cm³/mol. The molecule has 2 aromatic carbocycles. The fourth-order valence-electron chi connectivity index (χ4n) is 3.90. The first kappa shape index (κ1) is 25.5. The number of rotatable bonds is 7. The number of nitrogens with zero attached hydrogens (tertiary/aromatic N) is 3. The van der Waals surface area contributed by atoms with Gasteiger partial charge in [-0.15, -0.1) is 27.8 Å². The molecule has 0 radical (unpaired) electrons. The van der Waals surface area contributed by atoms with Gasteiger partial charge in [-0.2, -0.15) is 0 Å². The van der Waals surface area contributed by atoms with Gasteiger partial charge in [0.05, 0.1) is 11.3 Å². The van der Waals surface area contributed by atoms with Crippen LogP contribution in [0.3, 0.4) is 0 Å². The summed E-state index contributed by atoms with van der Waals surface area (Å²) in [6, 6.07) is 14.9. The van der Waals surface area contributed by atoms with Crippen molar-refractivity contribution >= 4 is 50.0 Å². The molecule has 5 rings (SSSR count). The number of amides is 1. The number of thiophene rings is 2. The Morgan fingerprint density at radius 3 is 2.45 bits per heavy atom. The summed E-state index contributed by atoms with van der Waals surface area (Å²) >= 11 is 2.62. The zero-order valence-corrected chi connectivity index (χ0v) is 21.7. The van der Waals surface area contributed by atoms with Crippen LogP contribution in [-0.2, 0) is 23.0 Å². The maximum atomic E-state index is 14.7. The molecule has 0 spiro atoms. The Morgan fingerprint density at radius 1 is 1.05 bits per heavy atom. The SMILES string of the molecule is C[C@@H](OC(=O)Nc1c(-c2cc3sc(-c4cc(F)c(CC(=O)O)cc4F)cc3s2)nnn1C)c1ccccc1. The molecule has 0 saturated heterocycles. The predicted octanol–water partition coefficient (Wildman–Crippen LogP) is 6.64. The molecule has 0 aliphatic heterocycles. The first-order valence-electron chi connectivity index (χ1n) is 11.4. The number of aromatic nitrogens is 3. The summed E-state index contributed by atoms with van der Waals surface area (Å²) < 4.78 is 37.6. The van der Waals surface area contributed by atoms with Crippen LogP contribution in [-0.4, -0.2) is 32.2 Å². The number of carbonyl (C=O) groups is 2. The summed E-state index contributed by atoms with van der Waals surface area (Å²) in [5.74, 6) is -2.35. The van der Waals surface area contributed by atoms with Gasteiger partial charge in [0.2, 0.25) is 0 Å². The number of nitrogens with one attached hydrogen (secondary N) is 1. The van der Waals surface area contributed by atoms with Gasteiger partial charge in [0.25, 0.3) is 0 Å². The molecule has 38 heavy (non-hydrogen) atoms. The molecule has 8 nitrogen and oxygen atoms in total. The number of anilines is 1. The van der Waals surface area contributed by atoms with E-state index < -0.39 is 36.2 Å². The van der Waals surface area contributed by atoms with E-state index in [1.807, 2.05) is 36.4 Å². The van der Waals surface area contributed by atoms with E-state index in [4.69, 9.17) is 9.84 Å². The average Bonchev–Trinajstić information content (AvgIpc) is 3.55. The molecule has 3 heterocycles. The molecule has 2 N–H and O–H groups in total. The van der Waals surface area contributed by atoms with Gasteiger partial charge in [-0.3, -0.25) is 10.1 Å². The van der Waals surface area contributed by atoms with Crippen molar-refractivity contribution in [2.24, 2.45) is 7.05 Å². The van der Waals surface area contributed by atoms with Crippen molar-refractivity contribution in [2.75, 3.05) is 5.32 Å². The molecule has 1 atom stereocenters. The van der Waals surface area contributed by atoms with Crippen molar-refractivity contribution in [3.05, 3.63) is 77.4 Å². The number of ether oxygens (including phenoxy) is 1. The van der Waals surface area contributed by atoms with Crippen LogP contribution in [0.5, 0.6) is 0 Å². The summed E-state index contributed by atoms with van der Waals surface area (Å²) in [7, 11) is 1.64. The Bertz CT molecular complexity index is 1630. The lowest BCUT2D eigenvalue weighted by Crippen LogP contribution is -2.18. The Kier molecular flexibility index (Phi) is 6.91. The van der Waals surface area contributed by atoms with Crippen LogP contribution in [0.15, 0.2) is 54.6 Å². The molecule has 0 unspecified atom stereocenters. The molecular weight excluding hydrogens is 534 g/mol. The fraction of sp³-hybridized carbons (Fsp3) is 0.154. The van der Waals surface area contributed by atoms with E-state index in [2.05, 4.69) is 15.6 Å². The van der Waals surface area contributed by atoms with Crippen molar-refractivity contribution in [1.29, 1.82) is 0 Å². The molecule has 1 amide bonds. The van der Waals surface area contributed by atoms with Crippen molar-refractivity contribution in [1.82, 2.24) is 15.0 Å². The van der Waals surface area contributed by atoms with Gasteiger partial charge < -0.3 is 9.84 Å². The van der Waals surface area contributed by atoms with E-state index >= 15 is 0 Å². The maximum Gasteiger partial charge on any atom is 0.413 e. The third-order valence-electron chi connectivity index (χ3n) is 5.78. The number of hydrogen-bond donors (Lipinski definition) is 2. The van der Waals surface area contributed by atoms with Gasteiger partial charge >= 0.3 is 12.1 Å². The lowest BCUT2D eigenvalue weighted by molar-refractivity contribution is -0.136. The lowest BCUT2D eigenvalue weighted by atomic mass is 10.1. The Morgan fingerprint density at radius 2 is 1.74 bits per heavy atom. The van der Waals surface area contributed by atoms with Gasteiger partial charge in [0.1, 0.15) is 23.4 Å². The number of carbonyl (C=O) groups excluding carboxylic acids is 1. The third-order valence-corrected chi connectivity index (χ3v) is 8.12. The largest absolute Gasteiger partial charge is 0.481 e. The van der Waals surface area contributed by atoms with Crippen molar-refractivity contribution < 1.29 is 28.2 Å². The number of carboxylic acids is 1. The number of fused-ring (bicyclic) bond motifs is 1. The molecule has 5 aromatic rings. The summed E-state index contributed by atoms with van der Waals surface area (Å²) in [5, 5.41) is 19.8. The van der Waals surface area contributed by atoms with Gasteiger partial charge in [-0.05, 0) is 36.8 Å². The van der Waals surface area contributed by atoms with E-state index in [0.717, 1.165) is 32.0 Å². The molecule has 0 bridgehead atoms. The number of aliphatic carboxylic acids is 1. The van der Waals surface area contributed by atoms with Gasteiger partial charge in [-0.1, -0.05) is 35.5 Å². The van der Waals surface area contributed by atoms with E-state index in [9.17, 15) is 18.4 Å². The standard InChI is InChI=1S/C26H20F2N4O4S2/c1-13(14-6-4-3-5-7-14)36-26(35)29-25-24(30-31-32(25)2)22-12-21-20(38-22)11-19(37-21)16-10-17(27)15(8-18(16)28)9-23(33)34/h3-8,10-13H,9H2,1-2H3,(H,29,35)(H,33,34)/t13-/m1/s1. The van der Waals surface area contributed by atoms with E-state index in [0.29, 0.717) is 16.4 Å². The summed E-state index contributed by atoms with van der Waals surface area (Å²) in [5.41, 5.74) is 1.15. The van der Waals surface area contributed by atoms with Crippen molar-refractivity contribution in [2.45, 2.75) is 19.4 Å². The number of halogens is 2. The minimum atomic E-state index is -1.24. The van der Waals surface area contributed by atoms with Crippen LogP contribution >= 0.6 is 22.7 Å². The van der Waals surface area contributed by atoms with Crippen LogP contribution < -0.4 is 5.32 Å². The first-order valence-corrected chi connectivity index (χ1v) is 13.0. The number of benzene rings is 2. The summed E-state index contributed by atoms with van der Waals surface area (Å²) in [6.07, 6.45) is -1.72. The zero-order valence-electron chi connectivity index (χ0n) is 20.1. The highest BCUT2D eigenvalue weighted by atomic mass is 32.1. The molecule has 0 fully saturated rings. The minimum absolute atomic E-state index is 0.0590. The van der Waals surface area contributed by atoms with E-state index in [1.54, 1.807) is 20.0 Å². The average molecular weight is 555 g/mol. The van der Waals surface area contributed by atoms with Crippen molar-refractivity contribution in [3.63, 3.8) is 0 Å². The second-order valence-corrected chi connectivity index (χ2v) is 10.6. The quantitative estimate of drug-likeness (QED) is 0.234. The highest BCUT2D eigenvalue weighted by Crippen LogP contribution is 2.43. The zero-order chi connectivity index (χ0) is 27.0. The molecule has 0 saturated carbocycles. The molecule has 3 aromatic heterocycles. The topological polar surface area (TPSA) is 106 Å². The highest BCUT2D eigenvalue weighted by molar-refractivity contribution is 7.31. The number of carboxylic acid groups (broad SMARTS) is 1. The van der Waals surface area contributed by atoms with Crippen LogP contribution in [0.25, 0.3) is 30.4 Å². The van der Waals surface area contributed by atoms with E-state index in [1.165, 1.54) is 27.4 Å². The first-order chi connectivity index (χ1) is 18.2. The molecule has 12 heteroatoms. The van der Waals surface area contributed by atoms with Gasteiger partial charge in [0.15, 0.2) is 5.82 Å². The third kappa shape index (κ3) is 5.13. The highest BCUT2D eigenvalue weighted by Gasteiger charge is 2.22.